The fourth-order valence-electron chi connectivity index (χ4n) is 3.58. The number of hydrogen-bond acceptors (Lipinski definition) is 2. The van der Waals surface area contributed by atoms with Crippen LogP contribution in [0.15, 0.2) is 78.2 Å². The number of rotatable bonds is 3. The van der Waals surface area contributed by atoms with E-state index in [-0.39, 0.29) is 5.78 Å². The van der Waals surface area contributed by atoms with Gasteiger partial charge in [0.25, 0.3) is 0 Å². The van der Waals surface area contributed by atoms with Gasteiger partial charge >= 0.3 is 0 Å². The summed E-state index contributed by atoms with van der Waals surface area (Å²) in [6.45, 7) is 0. The summed E-state index contributed by atoms with van der Waals surface area (Å²) in [7, 11) is 0. The number of thiophene rings is 1. The molecule has 5 aromatic rings. The Morgan fingerprint density at radius 2 is 1.48 bits per heavy atom. The van der Waals surface area contributed by atoms with E-state index >= 15 is 0 Å². The van der Waals surface area contributed by atoms with Crippen molar-refractivity contribution in [3.05, 3.63) is 88.6 Å². The highest BCUT2D eigenvalue weighted by Crippen LogP contribution is 2.36. The summed E-state index contributed by atoms with van der Waals surface area (Å²) < 4.78 is 0. The number of allylic oxidation sites excluding steroid dienone is 1. The summed E-state index contributed by atoms with van der Waals surface area (Å²) >= 11 is 1.63. The number of benzene rings is 4. The Balaban J connectivity index is 1.75. The number of hydrogen-bond donors (Lipinski definition) is 0. The topological polar surface area (TPSA) is 17.1 Å². The molecule has 0 aliphatic rings. The van der Waals surface area contributed by atoms with Crippen molar-refractivity contribution in [3.63, 3.8) is 0 Å². The maximum atomic E-state index is 12.8. The van der Waals surface area contributed by atoms with E-state index in [0.717, 1.165) is 15.8 Å². The highest BCUT2D eigenvalue weighted by atomic mass is 32.1. The Labute approximate surface area is 149 Å². The molecule has 1 nitrogen and oxygen atoms in total. The van der Waals surface area contributed by atoms with Crippen molar-refractivity contribution in [1.29, 1.82) is 0 Å². The quantitative estimate of drug-likeness (QED) is 0.207. The zero-order valence-corrected chi connectivity index (χ0v) is 14.2. The van der Waals surface area contributed by atoms with Crippen LogP contribution in [0.25, 0.3) is 38.4 Å². The van der Waals surface area contributed by atoms with E-state index in [0.29, 0.717) is 0 Å². The van der Waals surface area contributed by atoms with Gasteiger partial charge in [0.15, 0.2) is 5.78 Å². The van der Waals surface area contributed by atoms with Crippen molar-refractivity contribution in [1.82, 2.24) is 0 Å². The largest absolute Gasteiger partial charge is 0.289 e. The van der Waals surface area contributed by atoms with Gasteiger partial charge in [-0.25, -0.2) is 0 Å². The molecule has 0 spiro atoms. The van der Waals surface area contributed by atoms with E-state index in [4.69, 9.17) is 0 Å². The molecule has 0 atom stereocenters. The van der Waals surface area contributed by atoms with Crippen LogP contribution in [0.5, 0.6) is 0 Å². The molecule has 0 saturated heterocycles. The van der Waals surface area contributed by atoms with E-state index in [9.17, 15) is 4.79 Å². The highest BCUT2D eigenvalue weighted by molar-refractivity contribution is 7.10. The Hall–Kier alpha value is -2.97. The Morgan fingerprint density at radius 3 is 2.24 bits per heavy atom. The maximum Gasteiger partial charge on any atom is 0.186 e. The SMILES string of the molecule is O=C(/C=C/c1cccs1)c1ccc2ccc3cccc4ccc1c2c34. The monoisotopic (exact) mass is 338 g/mol. The van der Waals surface area contributed by atoms with Gasteiger partial charge in [0.05, 0.1) is 0 Å². The molecular weight excluding hydrogens is 324 g/mol. The summed E-state index contributed by atoms with van der Waals surface area (Å²) in [5.74, 6) is 0.0475. The molecule has 0 amide bonds. The molecule has 118 valence electrons. The Morgan fingerprint density at radius 1 is 0.760 bits per heavy atom. The van der Waals surface area contributed by atoms with Crippen LogP contribution < -0.4 is 0 Å². The summed E-state index contributed by atoms with van der Waals surface area (Å²) in [6, 6.07) is 22.8. The lowest BCUT2D eigenvalue weighted by molar-refractivity contribution is 0.104. The minimum atomic E-state index is 0.0475. The van der Waals surface area contributed by atoms with Crippen molar-refractivity contribution in [3.8, 4) is 0 Å². The molecule has 2 heteroatoms. The molecule has 5 rings (SSSR count). The van der Waals surface area contributed by atoms with E-state index in [1.165, 1.54) is 26.9 Å². The van der Waals surface area contributed by atoms with Crippen molar-refractivity contribution in [2.75, 3.05) is 0 Å². The van der Waals surface area contributed by atoms with Crippen LogP contribution in [0.1, 0.15) is 15.2 Å². The average Bonchev–Trinajstić information content (AvgIpc) is 3.18. The Bertz CT molecular complexity index is 1230. The predicted octanol–water partition coefficient (Wildman–Crippen LogP) is 6.54. The second-order valence-corrected chi connectivity index (χ2v) is 7.16. The third-order valence-corrected chi connectivity index (χ3v) is 5.57. The van der Waals surface area contributed by atoms with Crippen molar-refractivity contribution < 1.29 is 4.79 Å². The van der Waals surface area contributed by atoms with Crippen LogP contribution in [-0.4, -0.2) is 5.78 Å². The zero-order chi connectivity index (χ0) is 16.8. The molecule has 0 radical (unpaired) electrons. The van der Waals surface area contributed by atoms with Gasteiger partial charge in [-0.2, -0.15) is 0 Å². The zero-order valence-electron chi connectivity index (χ0n) is 13.4. The van der Waals surface area contributed by atoms with Gasteiger partial charge in [0.2, 0.25) is 0 Å². The van der Waals surface area contributed by atoms with E-state index in [1.54, 1.807) is 17.4 Å². The molecule has 0 unspecified atom stereocenters. The van der Waals surface area contributed by atoms with E-state index in [1.807, 2.05) is 29.7 Å². The smallest absolute Gasteiger partial charge is 0.186 e. The van der Waals surface area contributed by atoms with Gasteiger partial charge in [-0.05, 0) is 62.0 Å². The normalized spacial score (nSPS) is 12.0. The second kappa shape index (κ2) is 5.54. The van der Waals surface area contributed by atoms with Crippen LogP contribution in [0.3, 0.4) is 0 Å². The maximum absolute atomic E-state index is 12.8. The van der Waals surface area contributed by atoms with Crippen molar-refractivity contribution >= 4 is 55.5 Å². The second-order valence-electron chi connectivity index (χ2n) is 6.18. The van der Waals surface area contributed by atoms with Gasteiger partial charge in [-0.1, -0.05) is 54.6 Å². The van der Waals surface area contributed by atoms with E-state index in [2.05, 4.69) is 48.5 Å². The van der Waals surface area contributed by atoms with Crippen molar-refractivity contribution in [2.24, 2.45) is 0 Å². The summed E-state index contributed by atoms with van der Waals surface area (Å²) in [5, 5.41) is 9.09. The van der Waals surface area contributed by atoms with Gasteiger partial charge in [0.1, 0.15) is 0 Å². The molecule has 4 aromatic carbocycles. The van der Waals surface area contributed by atoms with Gasteiger partial charge in [0, 0.05) is 10.4 Å². The molecule has 0 fully saturated rings. The molecule has 1 heterocycles. The fourth-order valence-corrected chi connectivity index (χ4v) is 4.20. The lowest BCUT2D eigenvalue weighted by atomic mass is 9.91. The minimum Gasteiger partial charge on any atom is -0.289 e. The van der Waals surface area contributed by atoms with Crippen LogP contribution in [0, 0.1) is 0 Å². The standard InChI is InChI=1S/C23H14OS/c24-21(13-10-18-5-2-14-25-18)19-11-8-17-7-6-15-3-1-4-16-9-12-20(19)23(17)22(15)16/h1-14H/b13-10+. The molecule has 0 aliphatic carbocycles. The third kappa shape index (κ3) is 2.26. The van der Waals surface area contributed by atoms with Gasteiger partial charge in [-0.15, -0.1) is 11.3 Å². The Kier molecular flexibility index (Phi) is 3.19. The third-order valence-electron chi connectivity index (χ3n) is 4.74. The lowest BCUT2D eigenvalue weighted by Crippen LogP contribution is -1.96. The van der Waals surface area contributed by atoms with Gasteiger partial charge < -0.3 is 0 Å². The first-order valence-corrected chi connectivity index (χ1v) is 9.12. The van der Waals surface area contributed by atoms with E-state index < -0.39 is 0 Å². The summed E-state index contributed by atoms with van der Waals surface area (Å²) in [5.41, 5.74) is 0.763. The van der Waals surface area contributed by atoms with Gasteiger partial charge in [-0.3, -0.25) is 4.79 Å². The lowest BCUT2D eigenvalue weighted by Gasteiger charge is -2.12. The number of carbonyl (C=O) groups excluding carboxylic acids is 1. The highest BCUT2D eigenvalue weighted by Gasteiger charge is 2.13. The van der Waals surface area contributed by atoms with Crippen molar-refractivity contribution in [2.45, 2.75) is 0 Å². The average molecular weight is 338 g/mol. The molecule has 0 aliphatic heterocycles. The molecule has 0 N–H and O–H groups in total. The minimum absolute atomic E-state index is 0.0475. The number of carbonyl (C=O) groups is 1. The molecule has 0 saturated carbocycles. The first-order chi connectivity index (χ1) is 12.3. The molecule has 0 bridgehead atoms. The van der Waals surface area contributed by atoms with Crippen LogP contribution in [0.2, 0.25) is 0 Å². The van der Waals surface area contributed by atoms with Crippen LogP contribution in [-0.2, 0) is 0 Å². The molecule has 25 heavy (non-hydrogen) atoms. The fraction of sp³-hybridized carbons (Fsp3) is 0. The first kappa shape index (κ1) is 14.4. The predicted molar refractivity (Wildman–Crippen MR) is 108 cm³/mol. The summed E-state index contributed by atoms with van der Waals surface area (Å²) in [4.78, 5) is 13.9. The molecular formula is C23H14OS. The first-order valence-electron chi connectivity index (χ1n) is 8.24. The van der Waals surface area contributed by atoms with Crippen LogP contribution in [0.4, 0.5) is 0 Å². The number of ketones is 1. The molecule has 1 aromatic heterocycles. The van der Waals surface area contributed by atoms with Crippen LogP contribution >= 0.6 is 11.3 Å². The summed E-state index contributed by atoms with van der Waals surface area (Å²) in [6.07, 6.45) is 3.57.